The molecule has 0 fully saturated rings. The Balaban J connectivity index is 1.70. The van der Waals surface area contributed by atoms with Crippen molar-refractivity contribution < 1.29 is 14.5 Å². The fourth-order valence-electron chi connectivity index (χ4n) is 3.48. The van der Waals surface area contributed by atoms with E-state index in [4.69, 9.17) is 4.74 Å². The number of nitrogens with zero attached hydrogens (tertiary/aromatic N) is 3. The number of nitrogens with one attached hydrogen (secondary N) is 1. The second-order valence-corrected chi connectivity index (χ2v) is 6.77. The molecule has 9 nitrogen and oxygen atoms in total. The summed E-state index contributed by atoms with van der Waals surface area (Å²) in [6.07, 6.45) is 2.66. The van der Waals surface area contributed by atoms with Crippen LogP contribution >= 0.6 is 0 Å². The number of rotatable bonds is 4. The van der Waals surface area contributed by atoms with E-state index < -0.39 is 10.8 Å². The number of nitro benzene ring substituents is 1. The highest BCUT2D eigenvalue weighted by molar-refractivity contribution is 6.06. The Labute approximate surface area is 165 Å². The number of hydrogen-bond acceptors (Lipinski definition) is 6. The molecule has 0 spiro atoms. The molecule has 0 radical (unpaired) electrons. The second-order valence-electron chi connectivity index (χ2n) is 6.77. The van der Waals surface area contributed by atoms with Crippen LogP contribution in [0, 0.1) is 10.1 Å². The molecule has 148 valence electrons. The van der Waals surface area contributed by atoms with Crippen molar-refractivity contribution in [1.29, 1.82) is 0 Å². The summed E-state index contributed by atoms with van der Waals surface area (Å²) in [7, 11) is 1.41. The van der Waals surface area contributed by atoms with Gasteiger partial charge in [-0.05, 0) is 37.1 Å². The molecule has 0 saturated heterocycles. The van der Waals surface area contributed by atoms with E-state index in [2.05, 4.69) is 10.3 Å². The summed E-state index contributed by atoms with van der Waals surface area (Å²) in [5, 5.41) is 14.1. The number of non-ortho nitro benzene ring substituents is 1. The average molecular weight is 394 g/mol. The van der Waals surface area contributed by atoms with Crippen LogP contribution in [-0.2, 0) is 13.0 Å². The number of ether oxygens (including phenoxy) is 1. The Morgan fingerprint density at radius 3 is 2.83 bits per heavy atom. The van der Waals surface area contributed by atoms with Crippen molar-refractivity contribution in [1.82, 2.24) is 9.55 Å². The van der Waals surface area contributed by atoms with Gasteiger partial charge in [-0.15, -0.1) is 0 Å². The predicted octanol–water partition coefficient (Wildman–Crippen LogP) is 2.90. The first-order valence-corrected chi connectivity index (χ1v) is 9.15. The van der Waals surface area contributed by atoms with E-state index in [9.17, 15) is 19.7 Å². The molecule has 4 rings (SSSR count). The van der Waals surface area contributed by atoms with Gasteiger partial charge in [-0.25, -0.2) is 4.98 Å². The number of benzene rings is 2. The normalized spacial score (nSPS) is 13.0. The molecule has 2 heterocycles. The fraction of sp³-hybridized carbons (Fsp3) is 0.250. The summed E-state index contributed by atoms with van der Waals surface area (Å²) >= 11 is 0. The number of fused-ring (bicyclic) bond motifs is 2. The molecule has 0 atom stereocenters. The summed E-state index contributed by atoms with van der Waals surface area (Å²) < 4.78 is 6.87. The maximum Gasteiger partial charge on any atom is 0.271 e. The Kier molecular flexibility index (Phi) is 4.71. The molecule has 0 bridgehead atoms. The Hall–Kier alpha value is -3.75. The monoisotopic (exact) mass is 394 g/mol. The van der Waals surface area contributed by atoms with Gasteiger partial charge in [0.2, 0.25) is 0 Å². The van der Waals surface area contributed by atoms with Crippen LogP contribution in [0.2, 0.25) is 0 Å². The van der Waals surface area contributed by atoms with E-state index in [0.717, 1.165) is 25.1 Å². The Bertz CT molecular complexity index is 1200. The van der Waals surface area contributed by atoms with E-state index in [-0.39, 0.29) is 16.9 Å². The summed E-state index contributed by atoms with van der Waals surface area (Å²) in [5.74, 6) is 0.548. The van der Waals surface area contributed by atoms with Crippen molar-refractivity contribution in [3.8, 4) is 5.75 Å². The minimum Gasteiger partial charge on any atom is -0.495 e. The van der Waals surface area contributed by atoms with Gasteiger partial charge in [-0.2, -0.15) is 0 Å². The fourth-order valence-corrected chi connectivity index (χ4v) is 3.48. The van der Waals surface area contributed by atoms with Gasteiger partial charge in [-0.1, -0.05) is 0 Å². The lowest BCUT2D eigenvalue weighted by Gasteiger charge is -2.18. The van der Waals surface area contributed by atoms with E-state index in [1.807, 2.05) is 0 Å². The number of anilines is 1. The quantitative estimate of drug-likeness (QED) is 0.537. The predicted molar refractivity (Wildman–Crippen MR) is 107 cm³/mol. The molecule has 29 heavy (non-hydrogen) atoms. The highest BCUT2D eigenvalue weighted by atomic mass is 16.6. The Morgan fingerprint density at radius 2 is 2.07 bits per heavy atom. The van der Waals surface area contributed by atoms with Crippen LogP contribution in [0.25, 0.3) is 10.9 Å². The third-order valence-electron chi connectivity index (χ3n) is 4.97. The highest BCUT2D eigenvalue weighted by Crippen LogP contribution is 2.29. The molecule has 0 saturated carbocycles. The molecule has 2 aromatic carbocycles. The smallest absolute Gasteiger partial charge is 0.271 e. The van der Waals surface area contributed by atoms with E-state index in [1.165, 1.54) is 25.3 Å². The van der Waals surface area contributed by atoms with Crippen molar-refractivity contribution in [2.24, 2.45) is 0 Å². The molecule has 3 aromatic rings. The molecular weight excluding hydrogens is 376 g/mol. The average Bonchev–Trinajstić information content (AvgIpc) is 2.73. The van der Waals surface area contributed by atoms with Crippen LogP contribution in [-0.4, -0.2) is 27.5 Å². The van der Waals surface area contributed by atoms with Crippen molar-refractivity contribution in [3.63, 3.8) is 0 Å². The number of hydrogen-bond donors (Lipinski definition) is 1. The summed E-state index contributed by atoms with van der Waals surface area (Å²) in [5.41, 5.74) is 0.670. The van der Waals surface area contributed by atoms with Crippen LogP contribution in [0.15, 0.2) is 41.2 Å². The van der Waals surface area contributed by atoms with Crippen molar-refractivity contribution in [2.75, 3.05) is 12.4 Å². The number of methoxy groups -OCH3 is 1. The standard InChI is InChI=1S/C20H18N4O5/c1-29-17-8-6-13(24(27)28)11-16(17)22-19(25)12-5-7-14-15(10-12)21-18-4-2-3-9-23(18)20(14)26/h5-8,10-11H,2-4,9H2,1H3,(H,22,25). The molecule has 0 unspecified atom stereocenters. The van der Waals surface area contributed by atoms with Gasteiger partial charge >= 0.3 is 0 Å². The molecule has 1 aliphatic rings. The minimum atomic E-state index is -0.550. The number of carbonyl (C=O) groups is 1. The van der Waals surface area contributed by atoms with Gasteiger partial charge < -0.3 is 10.1 Å². The van der Waals surface area contributed by atoms with Gasteiger partial charge in [0, 0.05) is 30.7 Å². The lowest BCUT2D eigenvalue weighted by atomic mass is 10.1. The van der Waals surface area contributed by atoms with Gasteiger partial charge in [0.05, 0.1) is 28.6 Å². The Morgan fingerprint density at radius 1 is 1.24 bits per heavy atom. The van der Waals surface area contributed by atoms with Crippen LogP contribution in [0.4, 0.5) is 11.4 Å². The zero-order chi connectivity index (χ0) is 20.5. The topological polar surface area (TPSA) is 116 Å². The molecule has 1 aliphatic heterocycles. The molecule has 1 aromatic heterocycles. The largest absolute Gasteiger partial charge is 0.495 e. The highest BCUT2D eigenvalue weighted by Gasteiger charge is 2.18. The summed E-state index contributed by atoms with van der Waals surface area (Å²) in [6, 6.07) is 8.64. The lowest BCUT2D eigenvalue weighted by molar-refractivity contribution is -0.384. The lowest BCUT2D eigenvalue weighted by Crippen LogP contribution is -2.28. The molecule has 1 amide bonds. The number of nitro groups is 1. The van der Waals surface area contributed by atoms with Gasteiger partial charge in [0.25, 0.3) is 17.2 Å². The molecule has 9 heteroatoms. The molecular formula is C20H18N4O5. The van der Waals surface area contributed by atoms with Crippen molar-refractivity contribution in [2.45, 2.75) is 25.8 Å². The summed E-state index contributed by atoms with van der Waals surface area (Å²) in [6.45, 7) is 0.659. The number of carbonyl (C=O) groups excluding carboxylic acids is 1. The van der Waals surface area contributed by atoms with Crippen LogP contribution in [0.3, 0.4) is 0 Å². The maximum atomic E-state index is 12.7. The first-order chi connectivity index (χ1) is 14.0. The van der Waals surface area contributed by atoms with Crippen molar-refractivity contribution >= 4 is 28.2 Å². The first-order valence-electron chi connectivity index (χ1n) is 9.15. The van der Waals surface area contributed by atoms with Crippen LogP contribution in [0.5, 0.6) is 5.75 Å². The van der Waals surface area contributed by atoms with Gasteiger partial charge in [0.1, 0.15) is 11.6 Å². The summed E-state index contributed by atoms with van der Waals surface area (Å²) in [4.78, 5) is 40.4. The van der Waals surface area contributed by atoms with Gasteiger partial charge in [0.15, 0.2) is 0 Å². The van der Waals surface area contributed by atoms with E-state index >= 15 is 0 Å². The number of aryl methyl sites for hydroxylation is 1. The molecule has 0 aliphatic carbocycles. The maximum absolute atomic E-state index is 12.7. The molecule has 1 N–H and O–H groups in total. The number of amides is 1. The van der Waals surface area contributed by atoms with Crippen LogP contribution < -0.4 is 15.6 Å². The first kappa shape index (κ1) is 18.6. The van der Waals surface area contributed by atoms with Crippen molar-refractivity contribution in [3.05, 3.63) is 68.3 Å². The second kappa shape index (κ2) is 7.34. The SMILES string of the molecule is COc1ccc([N+](=O)[O-])cc1NC(=O)c1ccc2c(=O)n3c(nc2c1)CCCC3. The zero-order valence-corrected chi connectivity index (χ0v) is 15.7. The third kappa shape index (κ3) is 3.42. The van der Waals surface area contributed by atoms with E-state index in [1.54, 1.807) is 22.8 Å². The van der Waals surface area contributed by atoms with Gasteiger partial charge in [-0.3, -0.25) is 24.3 Å². The zero-order valence-electron chi connectivity index (χ0n) is 15.7. The minimum absolute atomic E-state index is 0.1000. The number of aromatic nitrogens is 2. The van der Waals surface area contributed by atoms with Crippen LogP contribution in [0.1, 0.15) is 29.0 Å². The van der Waals surface area contributed by atoms with E-state index in [0.29, 0.717) is 28.8 Å². The third-order valence-corrected chi connectivity index (χ3v) is 4.97.